The predicted octanol–water partition coefficient (Wildman–Crippen LogP) is 1.29. The van der Waals surface area contributed by atoms with Crippen LogP contribution in [0.5, 0.6) is 11.5 Å². The lowest BCUT2D eigenvalue weighted by atomic mass is 9.95. The molecule has 1 atom stereocenters. The number of rotatable bonds is 2. The summed E-state index contributed by atoms with van der Waals surface area (Å²) in [6.07, 6.45) is 1.02. The van der Waals surface area contributed by atoms with Gasteiger partial charge in [-0.15, -0.1) is 0 Å². The fraction of sp³-hybridized carbons (Fsp3) is 0.538. The van der Waals surface area contributed by atoms with Crippen molar-refractivity contribution in [2.45, 2.75) is 12.5 Å². The summed E-state index contributed by atoms with van der Waals surface area (Å²) in [4.78, 5) is 0. The lowest BCUT2D eigenvalue weighted by molar-refractivity contribution is 0.0391. The lowest BCUT2D eigenvalue weighted by Gasteiger charge is -2.30. The van der Waals surface area contributed by atoms with E-state index in [0.29, 0.717) is 13.2 Å². The van der Waals surface area contributed by atoms with Crippen LogP contribution in [0.15, 0.2) is 12.1 Å². The van der Waals surface area contributed by atoms with Crippen molar-refractivity contribution in [2.24, 2.45) is 0 Å². The van der Waals surface area contributed by atoms with E-state index in [1.54, 1.807) is 0 Å². The van der Waals surface area contributed by atoms with Crippen LogP contribution in [-0.4, -0.2) is 33.4 Å². The van der Waals surface area contributed by atoms with E-state index in [1.165, 1.54) is 11.1 Å². The molecule has 4 heteroatoms. The first-order valence-electron chi connectivity index (χ1n) is 6.07. The first-order chi connectivity index (χ1) is 8.40. The standard InChI is InChI=1S/C13H17NO3/c1-14-8-11-12-9(4-5-15-11)2-3-10-13(12)17-7-6-16-10/h2-3,11,14H,4-8H2,1H3. The maximum atomic E-state index is 5.81. The van der Waals surface area contributed by atoms with E-state index in [-0.39, 0.29) is 6.10 Å². The van der Waals surface area contributed by atoms with Gasteiger partial charge in [0.1, 0.15) is 13.2 Å². The summed E-state index contributed by atoms with van der Waals surface area (Å²) in [6, 6.07) is 4.14. The number of ether oxygens (including phenoxy) is 3. The molecule has 92 valence electrons. The molecule has 0 amide bonds. The topological polar surface area (TPSA) is 39.7 Å². The Balaban J connectivity index is 2.05. The van der Waals surface area contributed by atoms with Gasteiger partial charge < -0.3 is 19.5 Å². The zero-order valence-corrected chi connectivity index (χ0v) is 9.99. The van der Waals surface area contributed by atoms with Crippen LogP contribution >= 0.6 is 0 Å². The van der Waals surface area contributed by atoms with Crippen molar-refractivity contribution in [3.63, 3.8) is 0 Å². The molecule has 1 unspecified atom stereocenters. The molecule has 0 fully saturated rings. The van der Waals surface area contributed by atoms with Crippen LogP contribution in [0.2, 0.25) is 0 Å². The minimum Gasteiger partial charge on any atom is -0.486 e. The first kappa shape index (κ1) is 10.9. The summed E-state index contributed by atoms with van der Waals surface area (Å²) < 4.78 is 17.2. The van der Waals surface area contributed by atoms with Crippen LogP contribution in [0.4, 0.5) is 0 Å². The third-order valence-corrected chi connectivity index (χ3v) is 3.24. The summed E-state index contributed by atoms with van der Waals surface area (Å²) in [5.74, 6) is 1.73. The molecule has 4 nitrogen and oxygen atoms in total. The van der Waals surface area contributed by atoms with Gasteiger partial charge in [0.25, 0.3) is 0 Å². The minimum atomic E-state index is 0.0698. The average molecular weight is 235 g/mol. The van der Waals surface area contributed by atoms with Crippen molar-refractivity contribution in [1.29, 1.82) is 0 Å². The van der Waals surface area contributed by atoms with Gasteiger partial charge in [-0.25, -0.2) is 0 Å². The van der Waals surface area contributed by atoms with Gasteiger partial charge >= 0.3 is 0 Å². The van der Waals surface area contributed by atoms with Gasteiger partial charge in [-0.05, 0) is 25.1 Å². The molecule has 3 rings (SSSR count). The quantitative estimate of drug-likeness (QED) is 0.838. The second-order valence-corrected chi connectivity index (χ2v) is 4.33. The molecule has 1 N–H and O–H groups in total. The van der Waals surface area contributed by atoms with Gasteiger partial charge in [-0.1, -0.05) is 6.07 Å². The zero-order valence-electron chi connectivity index (χ0n) is 9.99. The van der Waals surface area contributed by atoms with Crippen LogP contribution < -0.4 is 14.8 Å². The molecule has 0 bridgehead atoms. The van der Waals surface area contributed by atoms with Crippen LogP contribution in [0.25, 0.3) is 0 Å². The van der Waals surface area contributed by atoms with E-state index in [0.717, 1.165) is 31.1 Å². The molecule has 17 heavy (non-hydrogen) atoms. The van der Waals surface area contributed by atoms with Gasteiger partial charge in [-0.3, -0.25) is 0 Å². The molecular weight excluding hydrogens is 218 g/mol. The summed E-state index contributed by atoms with van der Waals surface area (Å²) in [7, 11) is 1.93. The number of hydrogen-bond acceptors (Lipinski definition) is 4. The van der Waals surface area contributed by atoms with Crippen LogP contribution in [-0.2, 0) is 11.2 Å². The highest BCUT2D eigenvalue weighted by Gasteiger charge is 2.28. The van der Waals surface area contributed by atoms with E-state index >= 15 is 0 Å². The Bertz CT molecular complexity index is 419. The molecule has 2 aliphatic rings. The smallest absolute Gasteiger partial charge is 0.167 e. The number of nitrogens with one attached hydrogen (secondary N) is 1. The SMILES string of the molecule is CNCC1OCCc2ccc3c(c21)OCCO3. The second-order valence-electron chi connectivity index (χ2n) is 4.33. The largest absolute Gasteiger partial charge is 0.486 e. The summed E-state index contributed by atoms with van der Waals surface area (Å²) in [5.41, 5.74) is 2.49. The highest BCUT2D eigenvalue weighted by molar-refractivity contribution is 5.53. The molecule has 0 aromatic heterocycles. The molecule has 1 aromatic rings. The highest BCUT2D eigenvalue weighted by Crippen LogP contribution is 2.42. The fourth-order valence-corrected chi connectivity index (χ4v) is 2.49. The number of fused-ring (bicyclic) bond motifs is 3. The van der Waals surface area contributed by atoms with Gasteiger partial charge in [0, 0.05) is 12.1 Å². The highest BCUT2D eigenvalue weighted by atomic mass is 16.6. The number of benzene rings is 1. The van der Waals surface area contributed by atoms with E-state index < -0.39 is 0 Å². The lowest BCUT2D eigenvalue weighted by Crippen LogP contribution is -2.27. The van der Waals surface area contributed by atoms with Crippen molar-refractivity contribution in [3.05, 3.63) is 23.3 Å². The van der Waals surface area contributed by atoms with Gasteiger partial charge in [0.2, 0.25) is 0 Å². The fourth-order valence-electron chi connectivity index (χ4n) is 2.49. The Labute approximate surface area is 101 Å². The van der Waals surface area contributed by atoms with Crippen LogP contribution in [0.1, 0.15) is 17.2 Å². The Morgan fingerprint density at radius 2 is 2.12 bits per heavy atom. The van der Waals surface area contributed by atoms with Crippen molar-refractivity contribution < 1.29 is 14.2 Å². The van der Waals surface area contributed by atoms with Crippen molar-refractivity contribution in [3.8, 4) is 11.5 Å². The molecule has 0 saturated carbocycles. The predicted molar refractivity (Wildman–Crippen MR) is 63.8 cm³/mol. The van der Waals surface area contributed by atoms with E-state index in [4.69, 9.17) is 14.2 Å². The van der Waals surface area contributed by atoms with Crippen molar-refractivity contribution in [2.75, 3.05) is 33.4 Å². The van der Waals surface area contributed by atoms with E-state index in [2.05, 4.69) is 11.4 Å². The second kappa shape index (κ2) is 4.55. The Morgan fingerprint density at radius 3 is 3.00 bits per heavy atom. The zero-order chi connectivity index (χ0) is 11.7. The average Bonchev–Trinajstić information content (AvgIpc) is 2.39. The molecule has 0 radical (unpaired) electrons. The van der Waals surface area contributed by atoms with E-state index in [1.807, 2.05) is 13.1 Å². The molecule has 1 aromatic carbocycles. The molecule has 2 aliphatic heterocycles. The normalized spacial score (nSPS) is 22.1. The van der Waals surface area contributed by atoms with Gasteiger partial charge in [-0.2, -0.15) is 0 Å². The van der Waals surface area contributed by atoms with Gasteiger partial charge in [0.05, 0.1) is 12.7 Å². The van der Waals surface area contributed by atoms with Crippen molar-refractivity contribution >= 4 is 0 Å². The molecule has 0 aliphatic carbocycles. The Kier molecular flexibility index (Phi) is 2.91. The summed E-state index contributed by atoms with van der Waals surface area (Å²) in [6.45, 7) is 2.82. The summed E-state index contributed by atoms with van der Waals surface area (Å²) >= 11 is 0. The molecule has 0 saturated heterocycles. The third kappa shape index (κ3) is 1.87. The maximum Gasteiger partial charge on any atom is 0.167 e. The monoisotopic (exact) mass is 235 g/mol. The minimum absolute atomic E-state index is 0.0698. The Morgan fingerprint density at radius 1 is 1.24 bits per heavy atom. The first-order valence-corrected chi connectivity index (χ1v) is 6.07. The van der Waals surface area contributed by atoms with E-state index in [9.17, 15) is 0 Å². The maximum absolute atomic E-state index is 5.81. The molecular formula is C13H17NO3. The van der Waals surface area contributed by atoms with Crippen LogP contribution in [0.3, 0.4) is 0 Å². The Hall–Kier alpha value is -1.26. The third-order valence-electron chi connectivity index (χ3n) is 3.24. The van der Waals surface area contributed by atoms with Gasteiger partial charge in [0.15, 0.2) is 11.5 Å². The number of hydrogen-bond donors (Lipinski definition) is 1. The van der Waals surface area contributed by atoms with Crippen molar-refractivity contribution in [1.82, 2.24) is 5.32 Å². The molecule has 0 spiro atoms. The van der Waals surface area contributed by atoms with Crippen LogP contribution in [0, 0.1) is 0 Å². The summed E-state index contributed by atoms with van der Waals surface area (Å²) in [5, 5.41) is 3.16. The molecule has 2 heterocycles. The number of likely N-dealkylation sites (N-methyl/N-ethyl adjacent to an activating group) is 1.